The summed E-state index contributed by atoms with van der Waals surface area (Å²) in [5.74, 6) is -1.23. The molecule has 1 aromatic carbocycles. The average molecular weight is 807 g/mol. The number of carbonyl (C=O) groups is 5. The van der Waals surface area contributed by atoms with Crippen LogP contribution in [0, 0.1) is 5.92 Å². The van der Waals surface area contributed by atoms with E-state index in [0.29, 0.717) is 59.0 Å². The van der Waals surface area contributed by atoms with E-state index in [2.05, 4.69) is 42.1 Å². The van der Waals surface area contributed by atoms with Crippen molar-refractivity contribution in [2.75, 3.05) is 11.9 Å². The van der Waals surface area contributed by atoms with Gasteiger partial charge < -0.3 is 30.9 Å². The number of urea groups is 2. The van der Waals surface area contributed by atoms with Crippen molar-refractivity contribution >= 4 is 57.0 Å². The number of rotatable bonds is 7. The van der Waals surface area contributed by atoms with Crippen LogP contribution < -0.4 is 36.9 Å². The minimum atomic E-state index is -1.38. The van der Waals surface area contributed by atoms with Crippen LogP contribution in [0.5, 0.6) is 5.88 Å². The maximum absolute atomic E-state index is 14.6. The third kappa shape index (κ3) is 8.73. The Bertz CT molecular complexity index is 2180. The predicted molar refractivity (Wildman–Crippen MR) is 216 cm³/mol. The van der Waals surface area contributed by atoms with E-state index in [-0.39, 0.29) is 24.9 Å². The second-order valence-corrected chi connectivity index (χ2v) is 16.1. The van der Waals surface area contributed by atoms with Gasteiger partial charge in [0, 0.05) is 30.3 Å². The monoisotopic (exact) mass is 806 g/mol. The topological polar surface area (TPSA) is 209 Å². The summed E-state index contributed by atoms with van der Waals surface area (Å²) in [6, 6.07) is 13.1. The number of aromatic nitrogens is 3. The van der Waals surface area contributed by atoms with E-state index >= 15 is 0 Å². The van der Waals surface area contributed by atoms with Gasteiger partial charge in [0.25, 0.3) is 5.91 Å². The Labute approximate surface area is 339 Å². The van der Waals surface area contributed by atoms with Crippen molar-refractivity contribution in [2.45, 2.75) is 94.0 Å². The predicted octanol–water partition coefficient (Wildman–Crippen LogP) is 4.57. The first kappa shape index (κ1) is 38.8. The molecule has 6 N–H and O–H groups in total. The Morgan fingerprint density at radius 1 is 0.897 bits per heavy atom. The van der Waals surface area contributed by atoms with Crippen LogP contribution in [0.25, 0.3) is 21.7 Å². The minimum absolute atomic E-state index is 0.0267. The first-order valence-corrected chi connectivity index (χ1v) is 20.8. The van der Waals surface area contributed by atoms with Gasteiger partial charge in [-0.3, -0.25) is 24.8 Å². The van der Waals surface area contributed by atoms with E-state index in [1.54, 1.807) is 42.6 Å². The molecule has 5 heterocycles. The molecule has 58 heavy (non-hydrogen) atoms. The number of ether oxygens (including phenoxy) is 1. The lowest BCUT2D eigenvalue weighted by Gasteiger charge is -2.30. The van der Waals surface area contributed by atoms with Gasteiger partial charge in [-0.05, 0) is 74.2 Å². The summed E-state index contributed by atoms with van der Waals surface area (Å²) >= 11 is 1.41. The van der Waals surface area contributed by atoms with Gasteiger partial charge in [-0.2, -0.15) is 4.98 Å². The number of nitrogens with one attached hydrogen (secondary N) is 6. The maximum atomic E-state index is 14.6. The van der Waals surface area contributed by atoms with Crippen molar-refractivity contribution in [3.63, 3.8) is 0 Å². The van der Waals surface area contributed by atoms with E-state index in [0.717, 1.165) is 32.1 Å². The molecular weight excluding hydrogens is 761 g/mol. The molecule has 8 rings (SSSR count). The normalized spacial score (nSPS) is 25.3. The lowest BCUT2D eigenvalue weighted by molar-refractivity contribution is -0.141. The Hall–Kier alpha value is -6.10. The highest BCUT2D eigenvalue weighted by Gasteiger charge is 2.61. The molecule has 0 bridgehead atoms. The molecular formula is C41H46N10O6S. The zero-order chi connectivity index (χ0) is 40.1. The molecule has 4 aliphatic rings. The van der Waals surface area contributed by atoms with Crippen LogP contribution >= 0.6 is 11.3 Å². The molecule has 2 aliphatic heterocycles. The van der Waals surface area contributed by atoms with E-state index in [4.69, 9.17) is 9.72 Å². The van der Waals surface area contributed by atoms with Crippen LogP contribution in [0.2, 0.25) is 0 Å². The Morgan fingerprint density at radius 3 is 2.52 bits per heavy atom. The summed E-state index contributed by atoms with van der Waals surface area (Å²) in [7, 11) is 0. The van der Waals surface area contributed by atoms with E-state index in [9.17, 15) is 24.0 Å². The Morgan fingerprint density at radius 2 is 1.71 bits per heavy atom. The lowest BCUT2D eigenvalue weighted by atomic mass is 10.0. The molecule has 0 radical (unpaired) electrons. The highest BCUT2D eigenvalue weighted by atomic mass is 32.1. The van der Waals surface area contributed by atoms with Crippen molar-refractivity contribution < 1.29 is 28.7 Å². The second kappa shape index (κ2) is 17.2. The molecule has 4 aromatic rings. The molecule has 0 spiro atoms. The summed E-state index contributed by atoms with van der Waals surface area (Å²) in [6.07, 6.45) is 11.5. The zero-order valence-corrected chi connectivity index (χ0v) is 32.6. The Balaban J connectivity index is 1.05. The van der Waals surface area contributed by atoms with Gasteiger partial charge in [0.2, 0.25) is 17.7 Å². The van der Waals surface area contributed by atoms with Gasteiger partial charge in [-0.25, -0.2) is 20.0 Å². The number of pyridine rings is 1. The van der Waals surface area contributed by atoms with E-state index in [1.165, 1.54) is 16.2 Å². The highest BCUT2D eigenvalue weighted by Crippen LogP contribution is 2.45. The summed E-state index contributed by atoms with van der Waals surface area (Å²) in [4.78, 5) is 84.2. The number of fused-ring (bicyclic) bond motifs is 3. The first-order chi connectivity index (χ1) is 28.3. The number of hydrogen-bond donors (Lipinski definition) is 6. The largest absolute Gasteiger partial charge is 0.471 e. The smallest absolute Gasteiger partial charge is 0.337 e. The van der Waals surface area contributed by atoms with Gasteiger partial charge in [0.15, 0.2) is 5.82 Å². The van der Waals surface area contributed by atoms with Crippen molar-refractivity contribution in [2.24, 2.45) is 5.92 Å². The molecule has 2 aliphatic carbocycles. The van der Waals surface area contributed by atoms with Gasteiger partial charge in [-0.15, -0.1) is 11.3 Å². The molecule has 5 atom stereocenters. The standard InChI is InChI=1S/C41H46N10O6S/c52-35-32-22-28(57-36-33-29(19-21-58-33)45-34(47-36)30-17-10-11-20-42-30)24-51(32)37(53)31(46-39(55)43-26-15-8-9-16-26)18-7-2-1-4-12-25-23-41(25,48-35)38(54)49-50-40(56)44-27-13-5-3-6-14-27/h3-6,10-14,17,19-21,25-26,28,31-32H,1-2,7-9,15-16,18,22-24H2,(H,48,52)(H,49,54)(H2,43,46,55)(H2,44,50,56)/b12-4-/t25-,28-,31+,32+,41-/m1/s1. The van der Waals surface area contributed by atoms with Gasteiger partial charge in [0.1, 0.15) is 34.1 Å². The van der Waals surface area contributed by atoms with Crippen LogP contribution in [0.3, 0.4) is 0 Å². The molecule has 0 unspecified atom stereocenters. The number of amides is 7. The van der Waals surface area contributed by atoms with Gasteiger partial charge in [-0.1, -0.05) is 55.7 Å². The number of hydrogen-bond acceptors (Lipinski definition) is 10. The fourth-order valence-electron chi connectivity index (χ4n) is 8.04. The van der Waals surface area contributed by atoms with E-state index in [1.807, 2.05) is 35.7 Å². The third-order valence-electron chi connectivity index (χ3n) is 11.2. The molecule has 7 amide bonds. The van der Waals surface area contributed by atoms with E-state index < -0.39 is 53.5 Å². The number of hydrazine groups is 1. The SMILES string of the molecule is O=C(NNC(=O)[C@@]12C[C@H]1/C=C\CCCC[C@H](NC(=O)NC1CCCC1)C(=O)N1C[C@H](Oc3nc(-c4ccccn4)nc4ccsc34)C[C@H]1C(=O)N2)Nc1ccccc1. The van der Waals surface area contributed by atoms with Crippen molar-refractivity contribution in [1.29, 1.82) is 0 Å². The average Bonchev–Trinajstić information content (AvgIpc) is 3.68. The third-order valence-corrected chi connectivity index (χ3v) is 12.0. The molecule has 3 aromatic heterocycles. The van der Waals surface area contributed by atoms with Crippen molar-refractivity contribution in [3.05, 3.63) is 78.3 Å². The van der Waals surface area contributed by atoms with Crippen molar-refractivity contribution in [3.8, 4) is 17.4 Å². The molecule has 2 saturated carbocycles. The number of allylic oxidation sites excluding steroid dienone is 1. The molecule has 302 valence electrons. The van der Waals surface area contributed by atoms with Crippen LogP contribution in [-0.2, 0) is 14.4 Å². The minimum Gasteiger partial charge on any atom is -0.471 e. The fraction of sp³-hybridized carbons (Fsp3) is 0.415. The first-order valence-electron chi connectivity index (χ1n) is 19.9. The Kier molecular flexibility index (Phi) is 11.5. The summed E-state index contributed by atoms with van der Waals surface area (Å²) in [5.41, 5.74) is 5.27. The van der Waals surface area contributed by atoms with Crippen LogP contribution in [0.1, 0.15) is 64.2 Å². The molecule has 3 fully saturated rings. The summed E-state index contributed by atoms with van der Waals surface area (Å²) in [5, 5.41) is 13.5. The van der Waals surface area contributed by atoms with Gasteiger partial charge >= 0.3 is 12.1 Å². The summed E-state index contributed by atoms with van der Waals surface area (Å²) < 4.78 is 7.28. The second-order valence-electron chi connectivity index (χ2n) is 15.2. The lowest BCUT2D eigenvalue weighted by Crippen LogP contribution is -2.60. The number of thiophene rings is 1. The fourth-order valence-corrected chi connectivity index (χ4v) is 8.80. The number of para-hydroxylation sites is 1. The summed E-state index contributed by atoms with van der Waals surface area (Å²) in [6.45, 7) is 0.0267. The number of nitrogens with zero attached hydrogens (tertiary/aromatic N) is 4. The van der Waals surface area contributed by atoms with Crippen molar-refractivity contribution in [1.82, 2.24) is 46.7 Å². The molecule has 1 saturated heterocycles. The highest BCUT2D eigenvalue weighted by molar-refractivity contribution is 7.17. The van der Waals surface area contributed by atoms with Crippen LogP contribution in [0.15, 0.2) is 78.3 Å². The maximum Gasteiger partial charge on any atom is 0.337 e. The van der Waals surface area contributed by atoms with Crippen LogP contribution in [0.4, 0.5) is 15.3 Å². The van der Waals surface area contributed by atoms with Gasteiger partial charge in [0.05, 0.1) is 12.1 Å². The molecule has 16 nitrogen and oxygen atoms in total. The number of benzene rings is 1. The number of carbonyl (C=O) groups excluding carboxylic acids is 5. The number of anilines is 1. The quantitative estimate of drug-likeness (QED) is 0.114. The zero-order valence-electron chi connectivity index (χ0n) is 31.8. The van der Waals surface area contributed by atoms with Crippen LogP contribution in [-0.4, -0.2) is 85.9 Å². The molecule has 17 heteroatoms.